The van der Waals surface area contributed by atoms with Gasteiger partial charge in [0.15, 0.2) is 11.6 Å². The van der Waals surface area contributed by atoms with Crippen molar-refractivity contribution in [2.75, 3.05) is 5.75 Å². The first kappa shape index (κ1) is 15.7. The fourth-order valence-corrected chi connectivity index (χ4v) is 2.83. The summed E-state index contributed by atoms with van der Waals surface area (Å²) in [5.41, 5.74) is 0.639. The number of halogens is 1. The van der Waals surface area contributed by atoms with E-state index >= 15 is 0 Å². The molecule has 0 bridgehead atoms. The molecule has 0 saturated carbocycles. The number of benzene rings is 1. The van der Waals surface area contributed by atoms with Gasteiger partial charge < -0.3 is 0 Å². The van der Waals surface area contributed by atoms with Crippen molar-refractivity contribution in [3.05, 3.63) is 65.2 Å². The van der Waals surface area contributed by atoms with Crippen molar-refractivity contribution in [2.45, 2.75) is 11.9 Å². The second-order valence-corrected chi connectivity index (χ2v) is 6.23. The van der Waals surface area contributed by atoms with Gasteiger partial charge in [-0.25, -0.2) is 4.98 Å². The van der Waals surface area contributed by atoms with Crippen molar-refractivity contribution in [2.24, 2.45) is 0 Å². The Bertz CT molecular complexity index is 815. The van der Waals surface area contributed by atoms with E-state index in [1.54, 1.807) is 30.5 Å². The molecule has 116 valence electrons. The van der Waals surface area contributed by atoms with Crippen molar-refractivity contribution in [3.63, 3.8) is 0 Å². The molecule has 0 amide bonds. The van der Waals surface area contributed by atoms with Gasteiger partial charge >= 0.3 is 0 Å². The molecule has 0 aliphatic carbocycles. The van der Waals surface area contributed by atoms with Crippen LogP contribution in [-0.2, 0) is 0 Å². The van der Waals surface area contributed by atoms with E-state index in [9.17, 15) is 4.79 Å². The Kier molecular flexibility index (Phi) is 4.73. The number of hydrogen-bond acceptors (Lipinski definition) is 5. The topological polar surface area (TPSA) is 60.7 Å². The van der Waals surface area contributed by atoms with Crippen LogP contribution in [0, 0.1) is 6.92 Å². The average molecular weight is 345 g/mol. The molecule has 2 heterocycles. The molecule has 0 N–H and O–H groups in total. The summed E-state index contributed by atoms with van der Waals surface area (Å²) in [5.74, 6) is 1.88. The molecule has 0 saturated heterocycles. The number of carbonyl (C=O) groups is 1. The van der Waals surface area contributed by atoms with Gasteiger partial charge in [-0.05, 0) is 43.3 Å². The first-order valence-corrected chi connectivity index (χ1v) is 8.25. The van der Waals surface area contributed by atoms with Crippen molar-refractivity contribution in [1.82, 2.24) is 19.7 Å². The number of hydrogen-bond donors (Lipinski definition) is 0. The summed E-state index contributed by atoms with van der Waals surface area (Å²) in [4.78, 5) is 16.3. The van der Waals surface area contributed by atoms with Crippen molar-refractivity contribution in [3.8, 4) is 5.82 Å². The third-order valence-corrected chi connectivity index (χ3v) is 4.39. The summed E-state index contributed by atoms with van der Waals surface area (Å²) in [6, 6.07) is 10.6. The Hall–Kier alpha value is -2.18. The Morgan fingerprint density at radius 1 is 1.17 bits per heavy atom. The van der Waals surface area contributed by atoms with Gasteiger partial charge in [0.1, 0.15) is 10.9 Å². The van der Waals surface area contributed by atoms with Crippen LogP contribution in [-0.4, -0.2) is 31.3 Å². The minimum Gasteiger partial charge on any atom is -0.293 e. The van der Waals surface area contributed by atoms with E-state index in [-0.39, 0.29) is 5.78 Å². The van der Waals surface area contributed by atoms with Crippen LogP contribution in [0.3, 0.4) is 0 Å². The van der Waals surface area contributed by atoms with Crippen LogP contribution < -0.4 is 0 Å². The van der Waals surface area contributed by atoms with Crippen LogP contribution in [0.1, 0.15) is 16.2 Å². The maximum Gasteiger partial charge on any atom is 0.173 e. The molecule has 0 aliphatic heterocycles. The smallest absolute Gasteiger partial charge is 0.173 e. The Labute approximate surface area is 142 Å². The number of Topliss-reactive ketones (excluding diaryl/α,β-unsaturated/α-hetero) is 1. The predicted molar refractivity (Wildman–Crippen MR) is 90.4 cm³/mol. The molecule has 0 spiro atoms. The standard InChI is InChI=1S/C16H13ClN4OS/c1-11-18-8-9-21(11)15-6-7-16(20-19-15)23-10-14(22)12-2-4-13(17)5-3-12/h2-9H,10H2,1H3. The molecule has 3 aromatic rings. The molecular formula is C16H13ClN4OS. The third kappa shape index (κ3) is 3.78. The van der Waals surface area contributed by atoms with Gasteiger partial charge in [0.05, 0.1) is 5.75 Å². The molecule has 0 unspecified atom stereocenters. The summed E-state index contributed by atoms with van der Waals surface area (Å²) in [7, 11) is 0. The zero-order valence-electron chi connectivity index (χ0n) is 12.3. The summed E-state index contributed by atoms with van der Waals surface area (Å²) in [6.45, 7) is 1.90. The molecule has 0 fully saturated rings. The number of carbonyl (C=O) groups excluding carboxylic acids is 1. The van der Waals surface area contributed by atoms with E-state index in [1.807, 2.05) is 29.8 Å². The Morgan fingerprint density at radius 3 is 2.57 bits per heavy atom. The number of rotatable bonds is 5. The predicted octanol–water partition coefficient (Wildman–Crippen LogP) is 3.60. The molecule has 0 radical (unpaired) electrons. The zero-order valence-corrected chi connectivity index (χ0v) is 13.9. The van der Waals surface area contributed by atoms with Gasteiger partial charge in [0.2, 0.25) is 0 Å². The fourth-order valence-electron chi connectivity index (χ4n) is 2.00. The molecule has 5 nitrogen and oxygen atoms in total. The first-order chi connectivity index (χ1) is 11.1. The fraction of sp³-hybridized carbons (Fsp3) is 0.125. The van der Waals surface area contributed by atoms with E-state index in [2.05, 4.69) is 15.2 Å². The van der Waals surface area contributed by atoms with Gasteiger partial charge in [-0.3, -0.25) is 9.36 Å². The lowest BCUT2D eigenvalue weighted by atomic mass is 10.1. The molecular weight excluding hydrogens is 332 g/mol. The quantitative estimate of drug-likeness (QED) is 0.522. The highest BCUT2D eigenvalue weighted by atomic mass is 35.5. The van der Waals surface area contributed by atoms with Crippen LogP contribution in [0.2, 0.25) is 5.02 Å². The van der Waals surface area contributed by atoms with Crippen LogP contribution in [0.25, 0.3) is 5.82 Å². The second kappa shape index (κ2) is 6.93. The molecule has 0 atom stereocenters. The molecule has 2 aromatic heterocycles. The summed E-state index contributed by atoms with van der Waals surface area (Å²) < 4.78 is 1.85. The summed E-state index contributed by atoms with van der Waals surface area (Å²) >= 11 is 7.17. The van der Waals surface area contributed by atoms with Gasteiger partial charge in [0, 0.05) is 23.0 Å². The number of aryl methyl sites for hydroxylation is 1. The molecule has 1 aromatic carbocycles. The first-order valence-electron chi connectivity index (χ1n) is 6.89. The normalized spacial score (nSPS) is 10.7. The zero-order chi connectivity index (χ0) is 16.2. The van der Waals surface area contributed by atoms with Gasteiger partial charge in [-0.1, -0.05) is 23.4 Å². The lowest BCUT2D eigenvalue weighted by Crippen LogP contribution is -2.04. The summed E-state index contributed by atoms with van der Waals surface area (Å²) in [6.07, 6.45) is 3.54. The van der Waals surface area contributed by atoms with Crippen molar-refractivity contribution >= 4 is 29.1 Å². The summed E-state index contributed by atoms with van der Waals surface area (Å²) in [5, 5.41) is 9.63. The lowest BCUT2D eigenvalue weighted by Gasteiger charge is -2.04. The highest BCUT2D eigenvalue weighted by Gasteiger charge is 2.08. The molecule has 23 heavy (non-hydrogen) atoms. The average Bonchev–Trinajstić information content (AvgIpc) is 3.00. The molecule has 0 aliphatic rings. The van der Waals surface area contributed by atoms with Crippen molar-refractivity contribution in [1.29, 1.82) is 0 Å². The van der Waals surface area contributed by atoms with Crippen molar-refractivity contribution < 1.29 is 4.79 Å². The molecule has 7 heteroatoms. The minimum absolute atomic E-state index is 0.0306. The van der Waals surface area contributed by atoms with E-state index < -0.39 is 0 Å². The Morgan fingerprint density at radius 2 is 1.96 bits per heavy atom. The highest BCUT2D eigenvalue weighted by molar-refractivity contribution is 7.99. The maximum absolute atomic E-state index is 12.1. The van der Waals surface area contributed by atoms with E-state index in [0.717, 1.165) is 5.82 Å². The maximum atomic E-state index is 12.1. The highest BCUT2D eigenvalue weighted by Crippen LogP contribution is 2.18. The monoisotopic (exact) mass is 344 g/mol. The lowest BCUT2D eigenvalue weighted by molar-refractivity contribution is 0.102. The Balaban J connectivity index is 1.64. The molecule has 3 rings (SSSR count). The van der Waals surface area contributed by atoms with Gasteiger partial charge in [0.25, 0.3) is 0 Å². The number of nitrogens with zero attached hydrogens (tertiary/aromatic N) is 4. The number of thioether (sulfide) groups is 1. The number of aromatic nitrogens is 4. The third-order valence-electron chi connectivity index (χ3n) is 3.22. The van der Waals surface area contributed by atoms with E-state index in [0.29, 0.717) is 27.2 Å². The minimum atomic E-state index is 0.0306. The second-order valence-electron chi connectivity index (χ2n) is 4.79. The van der Waals surface area contributed by atoms with E-state index in [4.69, 9.17) is 11.6 Å². The van der Waals surface area contributed by atoms with Crippen LogP contribution in [0.4, 0.5) is 0 Å². The SMILES string of the molecule is Cc1nccn1-c1ccc(SCC(=O)c2ccc(Cl)cc2)nn1. The van der Waals surface area contributed by atoms with Crippen LogP contribution in [0.5, 0.6) is 0 Å². The van der Waals surface area contributed by atoms with Crippen LogP contribution >= 0.6 is 23.4 Å². The largest absolute Gasteiger partial charge is 0.293 e. The van der Waals surface area contributed by atoms with Crippen LogP contribution in [0.15, 0.2) is 53.8 Å². The number of imidazole rings is 1. The van der Waals surface area contributed by atoms with E-state index in [1.165, 1.54) is 11.8 Å². The van der Waals surface area contributed by atoms with Gasteiger partial charge in [-0.15, -0.1) is 10.2 Å². The van der Waals surface area contributed by atoms with Gasteiger partial charge in [-0.2, -0.15) is 0 Å². The number of ketones is 1.